The molecule has 3 aliphatic carbocycles. The molecule has 0 heterocycles. The van der Waals surface area contributed by atoms with Crippen LogP contribution >= 0.6 is 0 Å². The first-order valence-electron chi connectivity index (χ1n) is 38.2. The van der Waals surface area contributed by atoms with Crippen LogP contribution in [0.1, 0.15) is 195 Å². The smallest absolute Gasteiger partial charge is 0.308 e. The summed E-state index contributed by atoms with van der Waals surface area (Å²) < 4.78 is 66.4. The van der Waals surface area contributed by atoms with Gasteiger partial charge in [-0.05, 0) is 119 Å². The predicted octanol–water partition coefficient (Wildman–Crippen LogP) is 7.55. The van der Waals surface area contributed by atoms with Crippen LogP contribution in [0.2, 0.25) is 0 Å². The van der Waals surface area contributed by atoms with Crippen molar-refractivity contribution < 1.29 is 71.2 Å². The second-order valence-electron chi connectivity index (χ2n) is 30.4. The van der Waals surface area contributed by atoms with Gasteiger partial charge in [0.25, 0.3) is 32.6 Å². The van der Waals surface area contributed by atoms with Gasteiger partial charge in [0.15, 0.2) is 0 Å². The molecule has 3 fully saturated rings. The number of rotatable bonds is 45. The summed E-state index contributed by atoms with van der Waals surface area (Å²) in [5.41, 5.74) is -5.50. The first-order valence-corrected chi connectivity index (χ1v) is 38.2. The fraction of sp³-hybridized carbons (Fsp3) is 0.667. The summed E-state index contributed by atoms with van der Waals surface area (Å²) >= 11 is 0. The predicted molar refractivity (Wildman–Crippen MR) is 414 cm³/mol. The summed E-state index contributed by atoms with van der Waals surface area (Å²) in [4.78, 5) is 115. The molecule has 0 bridgehead atoms. The molecule has 3 aliphatic rings. The Balaban J connectivity index is 1.03. The molecule has 4 aromatic rings. The first kappa shape index (κ1) is 87.2. The number of nitrogens with one attached hydrogen (secondary N) is 6. The Bertz CT molecular complexity index is 3540. The molecule has 0 aliphatic heterocycles. The van der Waals surface area contributed by atoms with E-state index in [1.807, 2.05) is 80.5 Å². The van der Waals surface area contributed by atoms with Gasteiger partial charge in [0, 0.05) is 36.3 Å². The lowest BCUT2D eigenvalue weighted by Gasteiger charge is -2.35. The number of hydrogen-bond acceptors (Lipinski definition) is 27. The fourth-order valence-corrected chi connectivity index (χ4v) is 12.5. The average molecular weight is 1510 g/mol. The zero-order valence-electron chi connectivity index (χ0n) is 64.9. The minimum Gasteiger partial charge on any atom is -0.460 e. The highest BCUT2D eigenvalue weighted by Crippen LogP contribution is 2.36. The van der Waals surface area contributed by atoms with Gasteiger partial charge in [-0.15, -0.1) is 0 Å². The van der Waals surface area contributed by atoms with E-state index in [2.05, 4.69) is 67.4 Å². The number of ether oxygens (including phenoxy) is 12. The lowest BCUT2D eigenvalue weighted by Crippen LogP contribution is -2.46. The van der Waals surface area contributed by atoms with Crippen molar-refractivity contribution in [2.45, 2.75) is 211 Å². The van der Waals surface area contributed by atoms with Crippen molar-refractivity contribution in [3.05, 3.63) is 96.2 Å². The van der Waals surface area contributed by atoms with Crippen molar-refractivity contribution in [1.29, 1.82) is 0 Å². The molecule has 108 heavy (non-hydrogen) atoms. The number of carbonyl (C=O) groups is 3. The molecule has 3 saturated carbocycles. The molecule has 7 rings (SSSR count). The summed E-state index contributed by atoms with van der Waals surface area (Å²) in [6, 6.07) is 5.61. The van der Waals surface area contributed by atoms with Crippen LogP contribution in [0, 0.1) is 35.5 Å². The molecule has 0 amide bonds. The monoisotopic (exact) mass is 1510 g/mol. The second-order valence-corrected chi connectivity index (χ2v) is 30.4. The Morgan fingerprint density at radius 3 is 0.731 bits per heavy atom. The molecule has 27 heteroatoms. The van der Waals surface area contributed by atoms with E-state index < -0.39 is 66.0 Å². The molecule has 0 radical (unpaired) electrons. The molecule has 0 spiro atoms. The first-order chi connectivity index (χ1) is 51.6. The lowest BCUT2D eigenvalue weighted by molar-refractivity contribution is -0.157. The molecular formula is C81H114N6O21. The Labute approximate surface area is 634 Å². The van der Waals surface area contributed by atoms with E-state index in [1.165, 1.54) is 0 Å². The molecule has 594 valence electrons. The van der Waals surface area contributed by atoms with Crippen molar-refractivity contribution in [1.82, 2.24) is 0 Å². The van der Waals surface area contributed by atoms with Crippen LogP contribution in [-0.2, 0) is 71.2 Å². The second kappa shape index (κ2) is 43.4. The summed E-state index contributed by atoms with van der Waals surface area (Å²) in [5, 5.41) is 19.6. The van der Waals surface area contributed by atoms with Gasteiger partial charge in [0.05, 0.1) is 155 Å². The number of anilines is 6. The molecule has 6 N–H and O–H groups in total. The molecule has 0 unspecified atom stereocenters. The van der Waals surface area contributed by atoms with E-state index in [4.69, 9.17) is 56.8 Å². The molecule has 27 nitrogen and oxygen atoms in total. The average Bonchev–Trinajstić information content (AvgIpc) is 0.776. The van der Waals surface area contributed by atoms with Gasteiger partial charge in [-0.1, -0.05) is 93.3 Å². The van der Waals surface area contributed by atoms with E-state index in [0.29, 0.717) is 115 Å². The van der Waals surface area contributed by atoms with Crippen molar-refractivity contribution >= 4 is 52.0 Å². The highest BCUT2D eigenvalue weighted by molar-refractivity contribution is 5.78. The van der Waals surface area contributed by atoms with Gasteiger partial charge in [-0.2, -0.15) is 0 Å². The van der Waals surface area contributed by atoms with Crippen LogP contribution in [0.5, 0.6) is 0 Å². The van der Waals surface area contributed by atoms with Crippen molar-refractivity contribution in [2.24, 2.45) is 0 Å². The topological polar surface area (TPSA) is 337 Å². The quantitative estimate of drug-likeness (QED) is 0.00817. The van der Waals surface area contributed by atoms with E-state index in [1.54, 1.807) is 0 Å². The summed E-state index contributed by atoms with van der Waals surface area (Å²) in [7, 11) is 0. The highest BCUT2D eigenvalue weighted by atomic mass is 16.6. The normalized spacial score (nSPS) is 15.5. The minimum absolute atomic E-state index is 0.144. The standard InChI is InChI=1S/C81H114N6O21/c1-76(2,3)106-61(88)22-37-97-43-49-103-52-46-100-40-34-82-64-67(73(94)70(64)91)85-79(25-13-10-14-26-79)31-19-58-55-59(20-32-80(27-15-11-16-28-80)86-68-65(71(92)74(68)95)83-35-41-101-47-53-104-50-44-98-38-23-62(89)107-77(4,5)6)57-60(56-58)21-33-81(29-17-12-18-30-81)87-69-66(72(93)75(69)96)84-36-42-102-48-54-105-51-45-99-39-24-63(90)108-78(7,8)9/h55-57,82-87H,10-18,22-30,34-54H2,1-9H3. The highest BCUT2D eigenvalue weighted by Gasteiger charge is 2.38. The third-order valence-corrected chi connectivity index (χ3v) is 17.7. The summed E-state index contributed by atoms with van der Waals surface area (Å²) in [6.07, 6.45) is 11.7. The Kier molecular flexibility index (Phi) is 35.0. The maximum absolute atomic E-state index is 13.4. The maximum atomic E-state index is 13.4. The zero-order chi connectivity index (χ0) is 78.1. The maximum Gasteiger partial charge on any atom is 0.308 e. The van der Waals surface area contributed by atoms with Crippen molar-refractivity contribution in [3.8, 4) is 35.5 Å². The van der Waals surface area contributed by atoms with Crippen LogP contribution in [0.25, 0.3) is 0 Å². The molecule has 4 aromatic carbocycles. The van der Waals surface area contributed by atoms with Crippen LogP contribution in [0.15, 0.2) is 47.0 Å². The number of benzene rings is 1. The van der Waals surface area contributed by atoms with Crippen LogP contribution in [0.4, 0.5) is 34.1 Å². The number of esters is 3. The molecule has 0 atom stereocenters. The third-order valence-electron chi connectivity index (χ3n) is 17.7. The third kappa shape index (κ3) is 30.1. The van der Waals surface area contributed by atoms with Crippen LogP contribution < -0.4 is 64.5 Å². The Morgan fingerprint density at radius 2 is 0.509 bits per heavy atom. The number of carbonyl (C=O) groups excluding carboxylic acids is 3. The Morgan fingerprint density at radius 1 is 0.306 bits per heavy atom. The van der Waals surface area contributed by atoms with E-state index in [-0.39, 0.29) is 150 Å². The number of hydrogen-bond donors (Lipinski definition) is 6. The van der Waals surface area contributed by atoms with Crippen LogP contribution in [0.3, 0.4) is 0 Å². The van der Waals surface area contributed by atoms with Crippen molar-refractivity contribution in [3.63, 3.8) is 0 Å². The van der Waals surface area contributed by atoms with E-state index in [9.17, 15) is 43.2 Å². The van der Waals surface area contributed by atoms with E-state index in [0.717, 1.165) is 57.8 Å². The summed E-state index contributed by atoms with van der Waals surface area (Å²) in [6.45, 7) is 21.9. The summed E-state index contributed by atoms with van der Waals surface area (Å²) in [5.74, 6) is 19.9. The van der Waals surface area contributed by atoms with Gasteiger partial charge >= 0.3 is 17.9 Å². The Hall–Kier alpha value is -8.01. The lowest BCUT2D eigenvalue weighted by atomic mass is 9.81. The van der Waals surface area contributed by atoms with Gasteiger partial charge in [0.1, 0.15) is 50.9 Å². The minimum atomic E-state index is -0.893. The largest absolute Gasteiger partial charge is 0.460 e. The fourth-order valence-electron chi connectivity index (χ4n) is 12.5. The van der Waals surface area contributed by atoms with Gasteiger partial charge in [-0.25, -0.2) is 0 Å². The zero-order valence-corrected chi connectivity index (χ0v) is 64.9. The van der Waals surface area contributed by atoms with Crippen molar-refractivity contribution in [2.75, 3.05) is 170 Å². The van der Waals surface area contributed by atoms with Gasteiger partial charge in [0.2, 0.25) is 0 Å². The molecule has 0 aromatic heterocycles. The van der Waals surface area contributed by atoms with Gasteiger partial charge < -0.3 is 88.7 Å². The van der Waals surface area contributed by atoms with Gasteiger partial charge in [-0.3, -0.25) is 43.2 Å². The molecule has 0 saturated heterocycles. The molecular weight excluding hydrogens is 1390 g/mol. The SMILES string of the molecule is CC(C)(C)OC(=O)CCOCCOCCOCCNc1c(NC2(C#Cc3cc(C#CC4(Nc5c(NCCOCCOCCOCCC(=O)OC(C)(C)C)c(=O)c5=O)CCCCC4)cc(C#CC4(Nc5c(NCCOCCOCCOCCC(=O)OC(C)(C)C)c(=O)c5=O)CCCCC4)c3)CCCCC2)c(=O)c1=O. The van der Waals surface area contributed by atoms with Crippen LogP contribution in [-0.4, -0.2) is 190 Å². The van der Waals surface area contributed by atoms with E-state index >= 15 is 0 Å².